The van der Waals surface area contributed by atoms with Crippen molar-refractivity contribution in [1.29, 1.82) is 0 Å². The third-order valence-corrected chi connectivity index (χ3v) is 11.7. The predicted octanol–water partition coefficient (Wildman–Crippen LogP) is 7.99. The summed E-state index contributed by atoms with van der Waals surface area (Å²) in [6.45, 7) is 10.2. The first-order valence-corrected chi connectivity index (χ1v) is 18.2. The first kappa shape index (κ1) is 32.9. The molecule has 1 spiro atoms. The number of benzene rings is 2. The van der Waals surface area contributed by atoms with Crippen LogP contribution in [0.15, 0.2) is 49.1 Å². The molecule has 6 heteroatoms. The van der Waals surface area contributed by atoms with Crippen LogP contribution in [0.4, 0.5) is 0 Å². The van der Waals surface area contributed by atoms with E-state index < -0.39 is 0 Å². The summed E-state index contributed by atoms with van der Waals surface area (Å²) >= 11 is 0. The highest BCUT2D eigenvalue weighted by Gasteiger charge is 2.67. The van der Waals surface area contributed by atoms with Crippen LogP contribution >= 0.6 is 0 Å². The molecule has 1 N–H and O–H groups in total. The summed E-state index contributed by atoms with van der Waals surface area (Å²) in [5, 5.41) is 11.2. The van der Waals surface area contributed by atoms with Crippen LogP contribution in [0.25, 0.3) is 0 Å². The SMILES string of the molecule is C=CCN1CC[C@]23c4c5c(O)cc(OC)c4O[C@H]2[C@@H](N(C(=O)CCCCCCCCCCc2ccccc2)C(C)C)CC[C@H]3[C@H]1C5. The summed E-state index contributed by atoms with van der Waals surface area (Å²) in [5.41, 5.74) is 3.43. The molecule has 0 aromatic heterocycles. The number of aromatic hydroxyl groups is 1. The minimum Gasteiger partial charge on any atom is -0.508 e. The maximum Gasteiger partial charge on any atom is 0.223 e. The van der Waals surface area contributed by atoms with Gasteiger partial charge in [-0.25, -0.2) is 0 Å². The first-order chi connectivity index (χ1) is 22.4. The summed E-state index contributed by atoms with van der Waals surface area (Å²) in [7, 11) is 1.66. The summed E-state index contributed by atoms with van der Waals surface area (Å²) in [5.74, 6) is 2.42. The predicted molar refractivity (Wildman–Crippen MR) is 185 cm³/mol. The van der Waals surface area contributed by atoms with Gasteiger partial charge in [0.15, 0.2) is 11.5 Å². The molecule has 2 bridgehead atoms. The second-order valence-corrected chi connectivity index (χ2v) is 14.6. The van der Waals surface area contributed by atoms with E-state index in [-0.39, 0.29) is 29.5 Å². The Morgan fingerprint density at radius 1 is 1.11 bits per heavy atom. The van der Waals surface area contributed by atoms with Crippen LogP contribution in [0.2, 0.25) is 0 Å². The first-order valence-electron chi connectivity index (χ1n) is 18.2. The van der Waals surface area contributed by atoms with Crippen molar-refractivity contribution in [3.8, 4) is 17.2 Å². The number of aryl methyl sites for hydroxylation is 1. The van der Waals surface area contributed by atoms with E-state index in [4.69, 9.17) is 9.47 Å². The Bertz CT molecular complexity index is 1360. The van der Waals surface area contributed by atoms with Gasteiger partial charge in [-0.3, -0.25) is 9.69 Å². The average Bonchev–Trinajstić information content (AvgIpc) is 3.39. The molecule has 2 heterocycles. The maximum atomic E-state index is 14.0. The van der Waals surface area contributed by atoms with Crippen LogP contribution in [0.3, 0.4) is 0 Å². The number of likely N-dealkylation sites (tertiary alicyclic amines) is 1. The average molecular weight is 629 g/mol. The zero-order valence-corrected chi connectivity index (χ0v) is 28.5. The highest BCUT2D eigenvalue weighted by molar-refractivity contribution is 5.77. The summed E-state index contributed by atoms with van der Waals surface area (Å²) in [6, 6.07) is 13.0. The zero-order valence-electron chi connectivity index (χ0n) is 28.5. The third-order valence-electron chi connectivity index (χ3n) is 11.7. The normalized spacial score (nSPS) is 26.0. The van der Waals surface area contributed by atoms with Crippen molar-refractivity contribution in [2.45, 2.75) is 133 Å². The van der Waals surface area contributed by atoms with Crippen molar-refractivity contribution >= 4 is 5.91 Å². The van der Waals surface area contributed by atoms with Gasteiger partial charge in [-0.1, -0.05) is 74.9 Å². The number of rotatable bonds is 16. The minimum absolute atomic E-state index is 0.0106. The van der Waals surface area contributed by atoms with Crippen LogP contribution in [-0.4, -0.2) is 65.2 Å². The second kappa shape index (κ2) is 14.4. The molecule has 0 unspecified atom stereocenters. The lowest BCUT2D eigenvalue weighted by atomic mass is 9.50. The number of carbonyl (C=O) groups is 1. The van der Waals surface area contributed by atoms with E-state index in [1.54, 1.807) is 13.2 Å². The molecule has 46 heavy (non-hydrogen) atoms. The van der Waals surface area contributed by atoms with Gasteiger partial charge in [-0.15, -0.1) is 6.58 Å². The Kier molecular flexibility index (Phi) is 10.3. The molecule has 6 rings (SSSR count). The highest BCUT2D eigenvalue weighted by atomic mass is 16.5. The highest BCUT2D eigenvalue weighted by Crippen LogP contribution is 2.65. The fourth-order valence-electron chi connectivity index (χ4n) is 9.78. The van der Waals surface area contributed by atoms with Crippen molar-refractivity contribution in [2.75, 3.05) is 20.2 Å². The second-order valence-electron chi connectivity index (χ2n) is 14.6. The minimum atomic E-state index is -0.214. The number of piperidine rings is 1. The van der Waals surface area contributed by atoms with Gasteiger partial charge in [0.25, 0.3) is 0 Å². The number of amides is 1. The Hall–Kier alpha value is -2.99. The van der Waals surface area contributed by atoms with Gasteiger partial charge >= 0.3 is 0 Å². The molecular formula is C40H56N2O4. The molecule has 4 aliphatic rings. The van der Waals surface area contributed by atoms with E-state index in [0.717, 1.165) is 62.9 Å². The van der Waals surface area contributed by atoms with Gasteiger partial charge in [0.2, 0.25) is 5.91 Å². The Morgan fingerprint density at radius 3 is 2.52 bits per heavy atom. The number of carbonyl (C=O) groups excluding carboxylic acids is 1. The topological polar surface area (TPSA) is 62.2 Å². The zero-order chi connectivity index (χ0) is 32.3. The van der Waals surface area contributed by atoms with E-state index in [9.17, 15) is 9.90 Å². The molecule has 2 aromatic carbocycles. The number of hydrogen-bond acceptors (Lipinski definition) is 5. The van der Waals surface area contributed by atoms with Gasteiger partial charge in [0.05, 0.1) is 13.2 Å². The number of ether oxygens (including phenoxy) is 2. The number of unbranched alkanes of at least 4 members (excludes halogenated alkanes) is 7. The van der Waals surface area contributed by atoms with Crippen LogP contribution in [-0.2, 0) is 23.1 Å². The summed E-state index contributed by atoms with van der Waals surface area (Å²) in [6.07, 6.45) is 17.1. The molecule has 0 radical (unpaired) electrons. The number of phenolic OH excluding ortho intramolecular Hbond substituents is 1. The number of hydrogen-bond donors (Lipinski definition) is 1. The lowest BCUT2D eigenvalue weighted by Gasteiger charge is -2.60. The van der Waals surface area contributed by atoms with E-state index >= 15 is 0 Å². The van der Waals surface area contributed by atoms with Crippen molar-refractivity contribution in [3.63, 3.8) is 0 Å². The van der Waals surface area contributed by atoms with E-state index in [1.165, 1.54) is 56.1 Å². The van der Waals surface area contributed by atoms with Crippen molar-refractivity contribution < 1.29 is 19.4 Å². The molecule has 5 atom stereocenters. The molecule has 250 valence electrons. The van der Waals surface area contributed by atoms with Gasteiger partial charge < -0.3 is 19.5 Å². The number of nitrogens with zero attached hydrogens (tertiary/aromatic N) is 2. The number of methoxy groups -OCH3 is 1. The van der Waals surface area contributed by atoms with Crippen molar-refractivity contribution in [1.82, 2.24) is 9.80 Å². The third kappa shape index (κ3) is 6.07. The lowest BCUT2D eigenvalue weighted by molar-refractivity contribution is -0.145. The van der Waals surface area contributed by atoms with Crippen LogP contribution in [0.5, 0.6) is 17.2 Å². The van der Waals surface area contributed by atoms with E-state index in [2.05, 4.69) is 60.6 Å². The van der Waals surface area contributed by atoms with Crippen LogP contribution in [0.1, 0.15) is 108 Å². The van der Waals surface area contributed by atoms with Gasteiger partial charge in [-0.2, -0.15) is 0 Å². The molecule has 2 aliphatic heterocycles. The van der Waals surface area contributed by atoms with Crippen molar-refractivity contribution in [3.05, 3.63) is 65.7 Å². The maximum absolute atomic E-state index is 14.0. The molecular weight excluding hydrogens is 572 g/mol. The largest absolute Gasteiger partial charge is 0.508 e. The lowest BCUT2D eigenvalue weighted by Crippen LogP contribution is -2.69. The molecule has 1 amide bonds. The molecule has 1 saturated heterocycles. The standard InChI is InChI=1S/C40H56N2O4/c1-5-24-41-25-23-40-31-21-22-32(39(40)46-38-35(45-4)27-34(43)30(37(38)40)26-33(31)41)42(28(2)3)36(44)20-16-11-9-7-6-8-10-13-17-29-18-14-12-15-19-29/h5,12,14-15,18-19,27-28,31-33,39,43H,1,6-11,13,16-17,20-26H2,2-4H3/t31-,32-,33+,39-,40-/m0/s1. The van der Waals surface area contributed by atoms with Gasteiger partial charge in [-0.05, 0) is 76.8 Å². The quantitative estimate of drug-likeness (QED) is 0.151. The Morgan fingerprint density at radius 2 is 1.83 bits per heavy atom. The summed E-state index contributed by atoms with van der Waals surface area (Å²) < 4.78 is 12.8. The van der Waals surface area contributed by atoms with Crippen LogP contribution < -0.4 is 9.47 Å². The monoisotopic (exact) mass is 628 g/mol. The van der Waals surface area contributed by atoms with E-state index in [1.807, 2.05) is 6.08 Å². The van der Waals surface area contributed by atoms with Gasteiger partial charge in [0.1, 0.15) is 11.9 Å². The molecule has 2 aliphatic carbocycles. The molecule has 2 fully saturated rings. The fourth-order valence-corrected chi connectivity index (χ4v) is 9.78. The van der Waals surface area contributed by atoms with E-state index in [0.29, 0.717) is 29.9 Å². The Labute approximate surface area is 277 Å². The summed E-state index contributed by atoms with van der Waals surface area (Å²) in [4.78, 5) is 18.7. The van der Waals surface area contributed by atoms with Crippen LogP contribution in [0, 0.1) is 5.92 Å². The number of phenols is 1. The fraction of sp³-hybridized carbons (Fsp3) is 0.625. The van der Waals surface area contributed by atoms with Crippen molar-refractivity contribution in [2.24, 2.45) is 5.92 Å². The van der Waals surface area contributed by atoms with Gasteiger partial charge in [0, 0.05) is 47.7 Å². The smallest absolute Gasteiger partial charge is 0.223 e. The molecule has 2 aromatic rings. The Balaban J connectivity index is 1.08. The molecule has 6 nitrogen and oxygen atoms in total. The molecule has 1 saturated carbocycles.